The van der Waals surface area contributed by atoms with Gasteiger partial charge < -0.3 is 10.2 Å². The highest BCUT2D eigenvalue weighted by molar-refractivity contribution is 4.65. The molecule has 0 saturated carbocycles. The first-order chi connectivity index (χ1) is 5.93. The third-order valence-corrected chi connectivity index (χ3v) is 2.32. The van der Waals surface area contributed by atoms with E-state index in [4.69, 9.17) is 0 Å². The lowest BCUT2D eigenvalue weighted by Crippen LogP contribution is -2.36. The van der Waals surface area contributed by atoms with Crippen LogP contribution in [0.1, 0.15) is 19.3 Å². The van der Waals surface area contributed by atoms with Crippen molar-refractivity contribution < 1.29 is 4.39 Å². The van der Waals surface area contributed by atoms with Crippen molar-refractivity contribution in [3.63, 3.8) is 0 Å². The summed E-state index contributed by atoms with van der Waals surface area (Å²) < 4.78 is 11.7. The summed E-state index contributed by atoms with van der Waals surface area (Å²) >= 11 is 0. The maximum Gasteiger partial charge on any atom is 0.102 e. The van der Waals surface area contributed by atoms with Crippen molar-refractivity contribution in [1.82, 2.24) is 10.2 Å². The summed E-state index contributed by atoms with van der Waals surface area (Å²) in [5, 5.41) is 3.07. The number of hydrogen-bond acceptors (Lipinski definition) is 2. The molecule has 0 radical (unpaired) electrons. The molecule has 0 unspecified atom stereocenters. The minimum absolute atomic E-state index is 0.250. The van der Waals surface area contributed by atoms with E-state index in [0.29, 0.717) is 6.54 Å². The molecule has 0 bridgehead atoms. The van der Waals surface area contributed by atoms with Crippen LogP contribution in [-0.4, -0.2) is 44.3 Å². The molecule has 12 heavy (non-hydrogen) atoms. The summed E-state index contributed by atoms with van der Waals surface area (Å²) in [4.78, 5) is 2.45. The zero-order valence-electron chi connectivity index (χ0n) is 7.69. The lowest BCUT2D eigenvalue weighted by Gasteiger charge is -2.26. The summed E-state index contributed by atoms with van der Waals surface area (Å²) in [7, 11) is 0. The van der Waals surface area contributed by atoms with E-state index in [2.05, 4.69) is 10.2 Å². The Morgan fingerprint density at radius 3 is 2.50 bits per heavy atom. The molecule has 0 aromatic rings. The van der Waals surface area contributed by atoms with E-state index in [9.17, 15) is 4.39 Å². The highest BCUT2D eigenvalue weighted by atomic mass is 19.1. The van der Waals surface area contributed by atoms with Gasteiger partial charge in [0.2, 0.25) is 0 Å². The van der Waals surface area contributed by atoms with Crippen LogP contribution in [0.2, 0.25) is 0 Å². The maximum atomic E-state index is 11.7. The number of hydrogen-bond donors (Lipinski definition) is 1. The Kier molecular flexibility index (Phi) is 5.28. The summed E-state index contributed by atoms with van der Waals surface area (Å²) in [6.07, 6.45) is 4.06. The Morgan fingerprint density at radius 2 is 1.83 bits per heavy atom. The molecule has 1 fully saturated rings. The quantitative estimate of drug-likeness (QED) is 0.626. The SMILES string of the molecule is FCCNCCN1CCCCC1. The highest BCUT2D eigenvalue weighted by Crippen LogP contribution is 2.06. The van der Waals surface area contributed by atoms with Gasteiger partial charge in [-0.05, 0) is 25.9 Å². The normalized spacial score (nSPS) is 19.8. The Bertz CT molecular complexity index is 103. The largest absolute Gasteiger partial charge is 0.313 e. The third-order valence-electron chi connectivity index (χ3n) is 2.32. The Hall–Kier alpha value is -0.150. The van der Waals surface area contributed by atoms with Gasteiger partial charge in [0.15, 0.2) is 0 Å². The lowest BCUT2D eigenvalue weighted by molar-refractivity contribution is 0.228. The van der Waals surface area contributed by atoms with Crippen molar-refractivity contribution in [3.8, 4) is 0 Å². The number of likely N-dealkylation sites (tertiary alicyclic amines) is 1. The van der Waals surface area contributed by atoms with Gasteiger partial charge in [-0.2, -0.15) is 0 Å². The maximum absolute atomic E-state index is 11.7. The molecule has 0 atom stereocenters. The van der Waals surface area contributed by atoms with E-state index in [1.165, 1.54) is 32.4 Å². The van der Waals surface area contributed by atoms with Gasteiger partial charge in [-0.1, -0.05) is 6.42 Å². The molecule has 1 rings (SSSR count). The molecule has 3 heteroatoms. The molecule has 0 aromatic heterocycles. The predicted octanol–water partition coefficient (Wildman–Crippen LogP) is 1.03. The molecular weight excluding hydrogens is 155 g/mol. The van der Waals surface area contributed by atoms with Crippen LogP contribution in [0.25, 0.3) is 0 Å². The van der Waals surface area contributed by atoms with E-state index in [0.717, 1.165) is 13.1 Å². The van der Waals surface area contributed by atoms with Gasteiger partial charge in [0, 0.05) is 19.6 Å². The van der Waals surface area contributed by atoms with Crippen molar-refractivity contribution in [2.75, 3.05) is 39.4 Å². The second-order valence-corrected chi connectivity index (χ2v) is 3.34. The van der Waals surface area contributed by atoms with Crippen molar-refractivity contribution in [2.45, 2.75) is 19.3 Å². The standard InChI is InChI=1S/C9H19FN2/c10-4-5-11-6-9-12-7-2-1-3-8-12/h11H,1-9H2. The van der Waals surface area contributed by atoms with Crippen LogP contribution in [0.3, 0.4) is 0 Å². The summed E-state index contributed by atoms with van der Waals surface area (Å²) in [5.41, 5.74) is 0. The zero-order chi connectivity index (χ0) is 8.65. The van der Waals surface area contributed by atoms with Gasteiger partial charge >= 0.3 is 0 Å². The first-order valence-corrected chi connectivity index (χ1v) is 4.92. The van der Waals surface area contributed by atoms with Gasteiger partial charge in [0.25, 0.3) is 0 Å². The van der Waals surface area contributed by atoms with E-state index in [1.807, 2.05) is 0 Å². The smallest absolute Gasteiger partial charge is 0.102 e. The minimum atomic E-state index is -0.250. The minimum Gasteiger partial charge on any atom is -0.313 e. The monoisotopic (exact) mass is 174 g/mol. The molecule has 0 aromatic carbocycles. The molecule has 2 nitrogen and oxygen atoms in total. The Balaban J connectivity index is 1.91. The van der Waals surface area contributed by atoms with E-state index < -0.39 is 0 Å². The first-order valence-electron chi connectivity index (χ1n) is 4.92. The molecule has 1 N–H and O–H groups in total. The topological polar surface area (TPSA) is 15.3 Å². The fraction of sp³-hybridized carbons (Fsp3) is 1.00. The Labute approximate surface area is 74.1 Å². The van der Waals surface area contributed by atoms with Crippen LogP contribution in [0.4, 0.5) is 4.39 Å². The van der Waals surface area contributed by atoms with Crippen LogP contribution < -0.4 is 5.32 Å². The van der Waals surface area contributed by atoms with Crippen LogP contribution >= 0.6 is 0 Å². The molecular formula is C9H19FN2. The van der Waals surface area contributed by atoms with E-state index >= 15 is 0 Å². The van der Waals surface area contributed by atoms with Gasteiger partial charge in [-0.3, -0.25) is 0 Å². The van der Waals surface area contributed by atoms with Crippen LogP contribution in [0.15, 0.2) is 0 Å². The summed E-state index contributed by atoms with van der Waals surface area (Å²) in [6, 6.07) is 0. The average Bonchev–Trinajstić information content (AvgIpc) is 2.14. The van der Waals surface area contributed by atoms with Crippen molar-refractivity contribution in [2.24, 2.45) is 0 Å². The molecule has 0 aliphatic carbocycles. The number of nitrogens with zero attached hydrogens (tertiary/aromatic N) is 1. The molecule has 1 aliphatic heterocycles. The van der Waals surface area contributed by atoms with E-state index in [1.54, 1.807) is 0 Å². The molecule has 72 valence electrons. The van der Waals surface area contributed by atoms with Gasteiger partial charge in [0.1, 0.15) is 6.67 Å². The van der Waals surface area contributed by atoms with Gasteiger partial charge in [0.05, 0.1) is 0 Å². The number of nitrogens with one attached hydrogen (secondary N) is 1. The first kappa shape index (κ1) is 9.93. The lowest BCUT2D eigenvalue weighted by atomic mass is 10.1. The number of rotatable bonds is 5. The van der Waals surface area contributed by atoms with Crippen molar-refractivity contribution >= 4 is 0 Å². The predicted molar refractivity (Wildman–Crippen MR) is 49.1 cm³/mol. The number of halogens is 1. The second kappa shape index (κ2) is 6.38. The molecule has 0 spiro atoms. The van der Waals surface area contributed by atoms with Crippen LogP contribution in [-0.2, 0) is 0 Å². The highest BCUT2D eigenvalue weighted by Gasteiger charge is 2.08. The van der Waals surface area contributed by atoms with Crippen LogP contribution in [0.5, 0.6) is 0 Å². The Morgan fingerprint density at radius 1 is 1.08 bits per heavy atom. The average molecular weight is 174 g/mol. The molecule has 1 saturated heterocycles. The number of piperidine rings is 1. The second-order valence-electron chi connectivity index (χ2n) is 3.34. The molecule has 0 amide bonds. The number of alkyl halides is 1. The molecule has 1 aliphatic rings. The molecule has 1 heterocycles. The fourth-order valence-corrected chi connectivity index (χ4v) is 1.61. The third kappa shape index (κ3) is 4.02. The van der Waals surface area contributed by atoms with E-state index in [-0.39, 0.29) is 6.67 Å². The summed E-state index contributed by atoms with van der Waals surface area (Å²) in [6.45, 7) is 4.74. The summed E-state index contributed by atoms with van der Waals surface area (Å²) in [5.74, 6) is 0. The van der Waals surface area contributed by atoms with Crippen molar-refractivity contribution in [1.29, 1.82) is 0 Å². The zero-order valence-corrected chi connectivity index (χ0v) is 7.69. The van der Waals surface area contributed by atoms with Crippen molar-refractivity contribution in [3.05, 3.63) is 0 Å². The van der Waals surface area contributed by atoms with Crippen LogP contribution in [0, 0.1) is 0 Å². The van der Waals surface area contributed by atoms with Gasteiger partial charge in [-0.25, -0.2) is 4.39 Å². The fourth-order valence-electron chi connectivity index (χ4n) is 1.61. The van der Waals surface area contributed by atoms with Gasteiger partial charge in [-0.15, -0.1) is 0 Å².